The largest absolute Gasteiger partial charge is 0.355 e. The van der Waals surface area contributed by atoms with E-state index >= 15 is 0 Å². The lowest BCUT2D eigenvalue weighted by atomic mass is 10.1. The first kappa shape index (κ1) is 17.0. The maximum Gasteiger partial charge on any atom is 0.273 e. The summed E-state index contributed by atoms with van der Waals surface area (Å²) in [6.45, 7) is 0.553. The highest BCUT2D eigenvalue weighted by atomic mass is 32.2. The van der Waals surface area contributed by atoms with Crippen molar-refractivity contribution < 1.29 is 9.72 Å². The van der Waals surface area contributed by atoms with E-state index in [0.29, 0.717) is 12.1 Å². The average Bonchev–Trinajstić information content (AvgIpc) is 2.56. The third kappa shape index (κ3) is 5.75. The van der Waals surface area contributed by atoms with Gasteiger partial charge in [-0.3, -0.25) is 14.9 Å². The first-order valence-corrected chi connectivity index (χ1v) is 8.43. The van der Waals surface area contributed by atoms with Crippen molar-refractivity contribution in [3.05, 3.63) is 75.8 Å². The number of amides is 1. The average molecular weight is 330 g/mol. The zero-order chi connectivity index (χ0) is 16.5. The van der Waals surface area contributed by atoms with Crippen LogP contribution in [-0.2, 0) is 17.0 Å². The van der Waals surface area contributed by atoms with Crippen LogP contribution in [0, 0.1) is 10.1 Å². The first-order chi connectivity index (χ1) is 11.2. The second kappa shape index (κ2) is 8.95. The van der Waals surface area contributed by atoms with Gasteiger partial charge in [0.05, 0.1) is 11.3 Å². The van der Waals surface area contributed by atoms with Gasteiger partial charge in [-0.05, 0) is 5.56 Å². The molecule has 0 aromatic heterocycles. The van der Waals surface area contributed by atoms with Crippen LogP contribution in [-0.4, -0.2) is 23.1 Å². The van der Waals surface area contributed by atoms with Gasteiger partial charge in [0.2, 0.25) is 5.91 Å². The Hall–Kier alpha value is -2.34. The minimum Gasteiger partial charge on any atom is -0.355 e. The highest BCUT2D eigenvalue weighted by Gasteiger charge is 2.14. The Labute approximate surface area is 139 Å². The molecular formula is C17H18N2O3S. The van der Waals surface area contributed by atoms with E-state index in [4.69, 9.17) is 0 Å². The van der Waals surface area contributed by atoms with Crippen LogP contribution in [0.25, 0.3) is 0 Å². The number of rotatable bonds is 8. The monoisotopic (exact) mass is 330 g/mol. The number of carbonyl (C=O) groups excluding carboxylic acids is 1. The van der Waals surface area contributed by atoms with Gasteiger partial charge in [0, 0.05) is 29.7 Å². The van der Waals surface area contributed by atoms with Crippen molar-refractivity contribution >= 4 is 23.4 Å². The number of benzene rings is 2. The molecule has 0 bridgehead atoms. The molecule has 0 aliphatic rings. The summed E-state index contributed by atoms with van der Waals surface area (Å²) in [5.41, 5.74) is 1.68. The Morgan fingerprint density at radius 3 is 2.52 bits per heavy atom. The molecule has 1 amide bonds. The fraction of sp³-hybridized carbons (Fsp3) is 0.235. The molecule has 0 unspecified atom stereocenters. The summed E-state index contributed by atoms with van der Waals surface area (Å²) < 4.78 is 0. The number of hydrogen-bond acceptors (Lipinski definition) is 4. The van der Waals surface area contributed by atoms with Gasteiger partial charge < -0.3 is 5.32 Å². The molecule has 0 atom stereocenters. The highest BCUT2D eigenvalue weighted by Crippen LogP contribution is 2.18. The van der Waals surface area contributed by atoms with Crippen LogP contribution in [0.4, 0.5) is 5.69 Å². The van der Waals surface area contributed by atoms with Crippen LogP contribution < -0.4 is 5.32 Å². The number of hydrogen-bond donors (Lipinski definition) is 1. The minimum absolute atomic E-state index is 0.0129. The number of thioether (sulfide) groups is 1. The summed E-state index contributed by atoms with van der Waals surface area (Å²) in [6, 6.07) is 16.5. The highest BCUT2D eigenvalue weighted by molar-refractivity contribution is 7.98. The standard InChI is InChI=1S/C17H18N2O3S/c20-17(12-15-8-4-5-9-16(15)19(21)22)18-10-11-23-13-14-6-2-1-3-7-14/h1-9H,10-13H2,(H,18,20). The van der Waals surface area contributed by atoms with Gasteiger partial charge in [-0.15, -0.1) is 0 Å². The summed E-state index contributed by atoms with van der Waals surface area (Å²) in [4.78, 5) is 22.3. The predicted molar refractivity (Wildman–Crippen MR) is 92.4 cm³/mol. The van der Waals surface area contributed by atoms with E-state index in [9.17, 15) is 14.9 Å². The van der Waals surface area contributed by atoms with Crippen LogP contribution >= 0.6 is 11.8 Å². The van der Waals surface area contributed by atoms with Crippen molar-refractivity contribution in [3.8, 4) is 0 Å². The van der Waals surface area contributed by atoms with E-state index in [1.54, 1.807) is 30.0 Å². The summed E-state index contributed by atoms with van der Waals surface area (Å²) >= 11 is 1.74. The lowest BCUT2D eigenvalue weighted by Gasteiger charge is -2.06. The molecule has 2 aromatic rings. The van der Waals surface area contributed by atoms with Crippen LogP contribution in [0.15, 0.2) is 54.6 Å². The molecule has 0 spiro atoms. The maximum absolute atomic E-state index is 11.9. The Bertz CT molecular complexity index is 662. The van der Waals surface area contributed by atoms with Crippen molar-refractivity contribution in [3.63, 3.8) is 0 Å². The molecule has 23 heavy (non-hydrogen) atoms. The van der Waals surface area contributed by atoms with E-state index in [0.717, 1.165) is 11.5 Å². The van der Waals surface area contributed by atoms with Gasteiger partial charge in [-0.1, -0.05) is 48.5 Å². The Balaban J connectivity index is 1.70. The van der Waals surface area contributed by atoms with Gasteiger partial charge in [0.1, 0.15) is 0 Å². The topological polar surface area (TPSA) is 72.2 Å². The summed E-state index contributed by atoms with van der Waals surface area (Å²) in [7, 11) is 0. The van der Waals surface area contributed by atoms with E-state index in [1.165, 1.54) is 11.6 Å². The minimum atomic E-state index is -0.460. The molecule has 6 heteroatoms. The van der Waals surface area contributed by atoms with E-state index in [2.05, 4.69) is 17.4 Å². The Morgan fingerprint density at radius 2 is 1.78 bits per heavy atom. The lowest BCUT2D eigenvalue weighted by Crippen LogP contribution is -2.27. The second-order valence-corrected chi connectivity index (χ2v) is 6.06. The third-order valence-corrected chi connectivity index (χ3v) is 4.25. The fourth-order valence-corrected chi connectivity index (χ4v) is 2.92. The number of nitrogens with zero attached hydrogens (tertiary/aromatic N) is 1. The normalized spacial score (nSPS) is 10.3. The molecule has 0 saturated carbocycles. The van der Waals surface area contributed by atoms with Gasteiger partial charge >= 0.3 is 0 Å². The number of para-hydroxylation sites is 1. The van der Waals surface area contributed by atoms with Gasteiger partial charge in [-0.25, -0.2) is 0 Å². The number of nitro benzene ring substituents is 1. The van der Waals surface area contributed by atoms with E-state index in [1.807, 2.05) is 18.2 Å². The fourth-order valence-electron chi connectivity index (χ4n) is 2.10. The van der Waals surface area contributed by atoms with E-state index < -0.39 is 4.92 Å². The lowest BCUT2D eigenvalue weighted by molar-refractivity contribution is -0.385. The SMILES string of the molecule is O=C(Cc1ccccc1[N+](=O)[O-])NCCSCc1ccccc1. The Kier molecular flexibility index (Phi) is 6.62. The van der Waals surface area contributed by atoms with Crippen LogP contribution in [0.3, 0.4) is 0 Å². The Morgan fingerprint density at radius 1 is 1.09 bits per heavy atom. The summed E-state index contributed by atoms with van der Waals surface area (Å²) in [5.74, 6) is 1.51. The molecular weight excluding hydrogens is 312 g/mol. The third-order valence-electron chi connectivity index (χ3n) is 3.22. The van der Waals surface area contributed by atoms with Gasteiger partial charge in [0.15, 0.2) is 0 Å². The van der Waals surface area contributed by atoms with Crippen LogP contribution in [0.2, 0.25) is 0 Å². The number of carbonyl (C=O) groups is 1. The molecule has 0 heterocycles. The van der Waals surface area contributed by atoms with Gasteiger partial charge in [0.25, 0.3) is 5.69 Å². The van der Waals surface area contributed by atoms with Crippen LogP contribution in [0.5, 0.6) is 0 Å². The van der Waals surface area contributed by atoms with Crippen molar-refractivity contribution in [1.82, 2.24) is 5.32 Å². The van der Waals surface area contributed by atoms with Crippen molar-refractivity contribution in [2.75, 3.05) is 12.3 Å². The molecule has 2 rings (SSSR count). The molecule has 5 nitrogen and oxygen atoms in total. The zero-order valence-electron chi connectivity index (χ0n) is 12.6. The first-order valence-electron chi connectivity index (χ1n) is 7.27. The number of nitrogens with one attached hydrogen (secondary N) is 1. The predicted octanol–water partition coefficient (Wildman–Crippen LogP) is 3.19. The smallest absolute Gasteiger partial charge is 0.273 e. The molecule has 0 saturated heterocycles. The van der Waals surface area contributed by atoms with Crippen LogP contribution in [0.1, 0.15) is 11.1 Å². The summed E-state index contributed by atoms with van der Waals surface area (Å²) in [5, 5.41) is 13.7. The molecule has 1 N–H and O–H groups in total. The van der Waals surface area contributed by atoms with E-state index in [-0.39, 0.29) is 18.0 Å². The van der Waals surface area contributed by atoms with Crippen molar-refractivity contribution in [2.24, 2.45) is 0 Å². The van der Waals surface area contributed by atoms with Gasteiger partial charge in [-0.2, -0.15) is 11.8 Å². The zero-order valence-corrected chi connectivity index (χ0v) is 13.4. The summed E-state index contributed by atoms with van der Waals surface area (Å²) in [6.07, 6.45) is 0.0283. The number of nitro groups is 1. The molecule has 0 fully saturated rings. The molecule has 0 aliphatic carbocycles. The molecule has 2 aromatic carbocycles. The second-order valence-electron chi connectivity index (χ2n) is 4.95. The molecule has 0 radical (unpaired) electrons. The van der Waals surface area contributed by atoms with Crippen molar-refractivity contribution in [1.29, 1.82) is 0 Å². The quantitative estimate of drug-likeness (QED) is 0.458. The molecule has 0 aliphatic heterocycles. The molecule has 120 valence electrons. The maximum atomic E-state index is 11.9. The van der Waals surface area contributed by atoms with Crippen molar-refractivity contribution in [2.45, 2.75) is 12.2 Å².